The van der Waals surface area contributed by atoms with Crippen molar-refractivity contribution >= 4 is 29.1 Å². The van der Waals surface area contributed by atoms with Gasteiger partial charge in [0.2, 0.25) is 11.8 Å². The Bertz CT molecular complexity index is 766. The predicted molar refractivity (Wildman–Crippen MR) is 97.5 cm³/mol. The van der Waals surface area contributed by atoms with Crippen molar-refractivity contribution in [3.05, 3.63) is 59.4 Å². The molecule has 2 aromatic rings. The van der Waals surface area contributed by atoms with Gasteiger partial charge in [0.05, 0.1) is 10.7 Å². The number of piperazine rings is 1. The number of nitrogens with zero attached hydrogens (tertiary/aromatic N) is 3. The van der Waals surface area contributed by atoms with Crippen molar-refractivity contribution in [2.45, 2.75) is 25.8 Å². The minimum atomic E-state index is -0.108. The summed E-state index contributed by atoms with van der Waals surface area (Å²) in [6.45, 7) is 2.49. The predicted octanol–water partition coefficient (Wildman–Crippen LogP) is 2.93. The largest absolute Gasteiger partial charge is 0.329 e. The standard InChI is InChI=1S/C19H20ClN3O2/c1-14-12-23(17-5-3-2-4-16(17)20)19(25)13-22(14)18(24)7-6-15-8-10-21-11-9-15/h2-5,8-11,14H,6-7,12-13H2,1H3/t14-/m1/s1. The molecule has 0 radical (unpaired) electrons. The van der Waals surface area contributed by atoms with E-state index in [-0.39, 0.29) is 24.4 Å². The minimum absolute atomic E-state index is 0.00327. The van der Waals surface area contributed by atoms with Crippen molar-refractivity contribution in [1.29, 1.82) is 0 Å². The summed E-state index contributed by atoms with van der Waals surface area (Å²) in [5.74, 6) is -0.111. The monoisotopic (exact) mass is 357 g/mol. The summed E-state index contributed by atoms with van der Waals surface area (Å²) in [6.07, 6.45) is 4.46. The topological polar surface area (TPSA) is 53.5 Å². The molecule has 2 amide bonds. The van der Waals surface area contributed by atoms with Gasteiger partial charge in [0.15, 0.2) is 0 Å². The Morgan fingerprint density at radius 1 is 1.24 bits per heavy atom. The molecule has 0 aliphatic carbocycles. The number of aromatic nitrogens is 1. The summed E-state index contributed by atoms with van der Waals surface area (Å²) in [7, 11) is 0. The molecular formula is C19H20ClN3O2. The molecule has 1 aliphatic rings. The van der Waals surface area contributed by atoms with Crippen LogP contribution in [0.15, 0.2) is 48.8 Å². The Hall–Kier alpha value is -2.40. The number of amides is 2. The first-order valence-electron chi connectivity index (χ1n) is 8.29. The van der Waals surface area contributed by atoms with Crippen LogP contribution in [0.5, 0.6) is 0 Å². The van der Waals surface area contributed by atoms with Gasteiger partial charge in [-0.1, -0.05) is 23.7 Å². The maximum atomic E-state index is 12.6. The van der Waals surface area contributed by atoms with Gasteiger partial charge in [-0.05, 0) is 43.2 Å². The summed E-state index contributed by atoms with van der Waals surface area (Å²) in [5, 5.41) is 0.542. The van der Waals surface area contributed by atoms with Crippen LogP contribution in [0, 0.1) is 0 Å². The summed E-state index contributed by atoms with van der Waals surface area (Å²) in [6, 6.07) is 11.0. The number of halogens is 1. The van der Waals surface area contributed by atoms with Crippen molar-refractivity contribution in [3.63, 3.8) is 0 Å². The first-order chi connectivity index (χ1) is 12.1. The lowest BCUT2D eigenvalue weighted by Gasteiger charge is -2.39. The second kappa shape index (κ2) is 7.66. The van der Waals surface area contributed by atoms with Gasteiger partial charge in [-0.25, -0.2) is 0 Å². The van der Waals surface area contributed by atoms with Crippen molar-refractivity contribution in [3.8, 4) is 0 Å². The van der Waals surface area contributed by atoms with Crippen LogP contribution in [0.4, 0.5) is 5.69 Å². The average molecular weight is 358 g/mol. The Morgan fingerprint density at radius 3 is 2.68 bits per heavy atom. The molecule has 0 unspecified atom stereocenters. The third kappa shape index (κ3) is 3.99. The smallest absolute Gasteiger partial charge is 0.246 e. The minimum Gasteiger partial charge on any atom is -0.329 e. The van der Waals surface area contributed by atoms with E-state index in [9.17, 15) is 9.59 Å². The fourth-order valence-corrected chi connectivity index (χ4v) is 3.27. The maximum absolute atomic E-state index is 12.6. The van der Waals surface area contributed by atoms with Gasteiger partial charge in [-0.3, -0.25) is 14.6 Å². The number of benzene rings is 1. The molecule has 0 spiro atoms. The molecule has 0 bridgehead atoms. The normalized spacial score (nSPS) is 17.7. The molecule has 1 saturated heterocycles. The van der Waals surface area contributed by atoms with Crippen LogP contribution in [-0.4, -0.2) is 40.8 Å². The maximum Gasteiger partial charge on any atom is 0.246 e. The third-order valence-corrected chi connectivity index (χ3v) is 4.75. The molecule has 130 valence electrons. The Morgan fingerprint density at radius 2 is 1.96 bits per heavy atom. The highest BCUT2D eigenvalue weighted by Crippen LogP contribution is 2.28. The SMILES string of the molecule is C[C@@H]1CN(c2ccccc2Cl)C(=O)CN1C(=O)CCc1ccncc1. The quantitative estimate of drug-likeness (QED) is 0.845. The molecule has 0 saturated carbocycles. The van der Waals surface area contributed by atoms with E-state index in [4.69, 9.17) is 11.6 Å². The molecule has 0 N–H and O–H groups in total. The van der Waals surface area contributed by atoms with E-state index in [0.717, 1.165) is 5.56 Å². The Balaban J connectivity index is 1.65. The molecule has 1 atom stereocenters. The molecule has 25 heavy (non-hydrogen) atoms. The van der Waals surface area contributed by atoms with Gasteiger partial charge in [-0.2, -0.15) is 0 Å². The molecule has 1 aromatic heterocycles. The lowest BCUT2D eigenvalue weighted by molar-refractivity contribution is -0.139. The number of hydrogen-bond acceptors (Lipinski definition) is 3. The number of carbonyl (C=O) groups is 2. The lowest BCUT2D eigenvalue weighted by Crippen LogP contribution is -2.57. The van der Waals surface area contributed by atoms with Crippen LogP contribution < -0.4 is 4.90 Å². The van der Waals surface area contributed by atoms with E-state index in [1.54, 1.807) is 28.3 Å². The second-order valence-corrected chi connectivity index (χ2v) is 6.59. The highest BCUT2D eigenvalue weighted by molar-refractivity contribution is 6.33. The third-order valence-electron chi connectivity index (χ3n) is 4.43. The van der Waals surface area contributed by atoms with E-state index < -0.39 is 0 Å². The number of carbonyl (C=O) groups excluding carboxylic acids is 2. The summed E-state index contributed by atoms with van der Waals surface area (Å²) in [5.41, 5.74) is 1.77. The summed E-state index contributed by atoms with van der Waals surface area (Å²) < 4.78 is 0. The Kier molecular flexibility index (Phi) is 5.34. The van der Waals surface area contributed by atoms with E-state index >= 15 is 0 Å². The number of rotatable bonds is 4. The van der Waals surface area contributed by atoms with Crippen LogP contribution in [0.1, 0.15) is 18.9 Å². The van der Waals surface area contributed by atoms with Gasteiger partial charge in [0.25, 0.3) is 0 Å². The second-order valence-electron chi connectivity index (χ2n) is 6.18. The fraction of sp³-hybridized carbons (Fsp3) is 0.316. The molecule has 3 rings (SSSR count). The summed E-state index contributed by atoms with van der Waals surface area (Å²) in [4.78, 5) is 32.4. The zero-order valence-corrected chi connectivity index (χ0v) is 14.8. The zero-order chi connectivity index (χ0) is 17.8. The van der Waals surface area contributed by atoms with Gasteiger partial charge in [-0.15, -0.1) is 0 Å². The number of hydrogen-bond donors (Lipinski definition) is 0. The van der Waals surface area contributed by atoms with Crippen molar-refractivity contribution in [1.82, 2.24) is 9.88 Å². The van der Waals surface area contributed by atoms with Gasteiger partial charge < -0.3 is 9.80 Å². The molecule has 2 heterocycles. The van der Waals surface area contributed by atoms with Crippen molar-refractivity contribution in [2.24, 2.45) is 0 Å². The molecule has 6 heteroatoms. The number of pyridine rings is 1. The van der Waals surface area contributed by atoms with Crippen molar-refractivity contribution in [2.75, 3.05) is 18.0 Å². The van der Waals surface area contributed by atoms with Crippen LogP contribution in [-0.2, 0) is 16.0 Å². The van der Waals surface area contributed by atoms with Crippen LogP contribution >= 0.6 is 11.6 Å². The highest BCUT2D eigenvalue weighted by atomic mass is 35.5. The Labute approximate surface area is 152 Å². The number of anilines is 1. The first-order valence-corrected chi connectivity index (χ1v) is 8.67. The highest BCUT2D eigenvalue weighted by Gasteiger charge is 2.33. The molecule has 1 fully saturated rings. The molecule has 1 aliphatic heterocycles. The van der Waals surface area contributed by atoms with Gasteiger partial charge >= 0.3 is 0 Å². The van der Waals surface area contributed by atoms with E-state index in [1.807, 2.05) is 37.3 Å². The molecular weight excluding hydrogens is 338 g/mol. The van der Waals surface area contributed by atoms with Gasteiger partial charge in [0, 0.05) is 31.4 Å². The van der Waals surface area contributed by atoms with E-state index in [2.05, 4.69) is 4.98 Å². The van der Waals surface area contributed by atoms with E-state index in [0.29, 0.717) is 30.1 Å². The fourth-order valence-electron chi connectivity index (χ4n) is 3.03. The number of aryl methyl sites for hydroxylation is 1. The average Bonchev–Trinajstić information content (AvgIpc) is 2.63. The van der Waals surface area contributed by atoms with Crippen molar-refractivity contribution < 1.29 is 9.59 Å². The van der Waals surface area contributed by atoms with Crippen LogP contribution in [0.3, 0.4) is 0 Å². The van der Waals surface area contributed by atoms with E-state index in [1.165, 1.54) is 0 Å². The number of para-hydroxylation sites is 1. The zero-order valence-electron chi connectivity index (χ0n) is 14.1. The lowest BCUT2D eigenvalue weighted by atomic mass is 10.1. The molecule has 1 aromatic carbocycles. The van der Waals surface area contributed by atoms with Gasteiger partial charge in [0.1, 0.15) is 6.54 Å². The molecule has 5 nitrogen and oxygen atoms in total. The van der Waals surface area contributed by atoms with Crippen LogP contribution in [0.25, 0.3) is 0 Å². The first kappa shape index (κ1) is 17.4. The van der Waals surface area contributed by atoms with Crippen LogP contribution in [0.2, 0.25) is 5.02 Å². The summed E-state index contributed by atoms with van der Waals surface area (Å²) >= 11 is 6.21.